The van der Waals surface area contributed by atoms with Crippen molar-refractivity contribution in [2.24, 2.45) is 5.73 Å². The predicted molar refractivity (Wildman–Crippen MR) is 65.2 cm³/mol. The molecule has 4 nitrogen and oxygen atoms in total. The molecule has 4 heteroatoms. The summed E-state index contributed by atoms with van der Waals surface area (Å²) in [5.41, 5.74) is 7.72. The van der Waals surface area contributed by atoms with Crippen molar-refractivity contribution in [3.63, 3.8) is 0 Å². The molecule has 0 radical (unpaired) electrons. The highest BCUT2D eigenvalue weighted by atomic mass is 15.1. The fourth-order valence-electron chi connectivity index (χ4n) is 1.96. The van der Waals surface area contributed by atoms with Crippen molar-refractivity contribution in [3.05, 3.63) is 24.3 Å². The van der Waals surface area contributed by atoms with Crippen LogP contribution in [0.2, 0.25) is 0 Å². The molecule has 16 heavy (non-hydrogen) atoms. The first-order chi connectivity index (χ1) is 7.86. The minimum absolute atomic E-state index is 0.716. The maximum absolute atomic E-state index is 5.55. The van der Waals surface area contributed by atoms with Crippen LogP contribution in [0.4, 0.5) is 0 Å². The maximum atomic E-state index is 5.55. The molecule has 2 aromatic heterocycles. The van der Waals surface area contributed by atoms with Crippen molar-refractivity contribution in [1.82, 2.24) is 14.5 Å². The van der Waals surface area contributed by atoms with Crippen LogP contribution in [0.5, 0.6) is 0 Å². The first kappa shape index (κ1) is 11.1. The predicted octanol–water partition coefficient (Wildman–Crippen LogP) is 1.73. The van der Waals surface area contributed by atoms with Crippen LogP contribution in [0.3, 0.4) is 0 Å². The summed E-state index contributed by atoms with van der Waals surface area (Å²) in [5.74, 6) is 1.13. The Morgan fingerprint density at radius 2 is 2.31 bits per heavy atom. The minimum Gasteiger partial charge on any atom is -0.330 e. The zero-order chi connectivity index (χ0) is 11.4. The third kappa shape index (κ3) is 2.07. The van der Waals surface area contributed by atoms with Crippen molar-refractivity contribution in [1.29, 1.82) is 0 Å². The summed E-state index contributed by atoms with van der Waals surface area (Å²) < 4.78 is 2.28. The Labute approximate surface area is 95.5 Å². The first-order valence-corrected chi connectivity index (χ1v) is 5.86. The van der Waals surface area contributed by atoms with Gasteiger partial charge in [0.2, 0.25) is 0 Å². The molecule has 2 N–H and O–H groups in total. The molecule has 0 aliphatic carbocycles. The molecule has 0 spiro atoms. The summed E-state index contributed by atoms with van der Waals surface area (Å²) in [7, 11) is 0. The lowest BCUT2D eigenvalue weighted by molar-refractivity contribution is 0.639. The van der Waals surface area contributed by atoms with E-state index in [2.05, 4.69) is 21.5 Å². The van der Waals surface area contributed by atoms with E-state index in [0.717, 1.165) is 37.1 Å². The van der Waals surface area contributed by atoms with Crippen molar-refractivity contribution in [3.8, 4) is 0 Å². The van der Waals surface area contributed by atoms with Crippen molar-refractivity contribution < 1.29 is 0 Å². The van der Waals surface area contributed by atoms with E-state index in [1.165, 1.54) is 5.52 Å². The summed E-state index contributed by atoms with van der Waals surface area (Å²) in [6.07, 6.45) is 6.70. The number of aryl methyl sites for hydroxylation is 2. The second kappa shape index (κ2) is 5.07. The van der Waals surface area contributed by atoms with Gasteiger partial charge >= 0.3 is 0 Å². The van der Waals surface area contributed by atoms with E-state index >= 15 is 0 Å². The van der Waals surface area contributed by atoms with E-state index in [-0.39, 0.29) is 0 Å². The Balaban J connectivity index is 2.41. The average Bonchev–Trinajstić information content (AvgIpc) is 2.66. The zero-order valence-electron chi connectivity index (χ0n) is 9.69. The molecule has 0 saturated carbocycles. The third-order valence-electron chi connectivity index (χ3n) is 2.68. The van der Waals surface area contributed by atoms with Crippen molar-refractivity contribution in [2.45, 2.75) is 32.7 Å². The molecule has 0 aliphatic heterocycles. The average molecular weight is 218 g/mol. The van der Waals surface area contributed by atoms with Gasteiger partial charge in [-0.1, -0.05) is 6.92 Å². The highest BCUT2D eigenvalue weighted by molar-refractivity contribution is 5.74. The van der Waals surface area contributed by atoms with Gasteiger partial charge < -0.3 is 10.3 Å². The van der Waals surface area contributed by atoms with Gasteiger partial charge in [0, 0.05) is 19.2 Å². The molecule has 0 atom stereocenters. The van der Waals surface area contributed by atoms with Gasteiger partial charge in [-0.05, 0) is 25.5 Å². The number of rotatable bonds is 5. The van der Waals surface area contributed by atoms with Gasteiger partial charge in [0.1, 0.15) is 11.3 Å². The molecule has 0 aliphatic rings. The number of fused-ring (bicyclic) bond motifs is 1. The highest BCUT2D eigenvalue weighted by Gasteiger charge is 2.08. The lowest BCUT2D eigenvalue weighted by Crippen LogP contribution is -2.07. The molecular weight excluding hydrogens is 200 g/mol. The van der Waals surface area contributed by atoms with Crippen molar-refractivity contribution in [2.75, 3.05) is 6.54 Å². The molecule has 2 rings (SSSR count). The van der Waals surface area contributed by atoms with Crippen LogP contribution in [0, 0.1) is 0 Å². The molecule has 0 bridgehead atoms. The summed E-state index contributed by atoms with van der Waals surface area (Å²) in [4.78, 5) is 8.72. The quantitative estimate of drug-likeness (QED) is 0.831. The smallest absolute Gasteiger partial charge is 0.109 e. The van der Waals surface area contributed by atoms with Gasteiger partial charge in [-0.3, -0.25) is 4.98 Å². The number of pyridine rings is 1. The summed E-state index contributed by atoms with van der Waals surface area (Å²) in [5, 5.41) is 0. The molecule has 0 saturated heterocycles. The number of nitrogens with zero attached hydrogens (tertiary/aromatic N) is 3. The standard InChI is InChI=1S/C12H18N4/c1-2-8-16-11-5-7-14-9-10(11)15-12(16)4-3-6-13/h5,7,9H,2-4,6,8,13H2,1H3. The SMILES string of the molecule is CCCn1c(CCCN)nc2cnccc21. The number of hydrogen-bond donors (Lipinski definition) is 1. The minimum atomic E-state index is 0.716. The molecule has 0 unspecified atom stereocenters. The van der Waals surface area contributed by atoms with Crippen LogP contribution in [0.25, 0.3) is 11.0 Å². The van der Waals surface area contributed by atoms with Crippen LogP contribution in [-0.4, -0.2) is 21.1 Å². The van der Waals surface area contributed by atoms with Gasteiger partial charge in [0.05, 0.1) is 11.7 Å². The molecule has 86 valence electrons. The summed E-state index contributed by atoms with van der Waals surface area (Å²) in [6, 6.07) is 2.03. The number of hydrogen-bond acceptors (Lipinski definition) is 3. The van der Waals surface area contributed by atoms with E-state index in [1.807, 2.05) is 18.5 Å². The summed E-state index contributed by atoms with van der Waals surface area (Å²) in [6.45, 7) is 3.91. The van der Waals surface area contributed by atoms with E-state index in [1.54, 1.807) is 0 Å². The fraction of sp³-hybridized carbons (Fsp3) is 0.500. The Hall–Kier alpha value is -1.42. The Bertz CT molecular complexity index is 461. The normalized spacial score (nSPS) is 11.1. The van der Waals surface area contributed by atoms with Crippen molar-refractivity contribution >= 4 is 11.0 Å². The first-order valence-electron chi connectivity index (χ1n) is 5.86. The number of imidazole rings is 1. The van der Waals surface area contributed by atoms with Gasteiger partial charge in [-0.15, -0.1) is 0 Å². The van der Waals surface area contributed by atoms with Gasteiger partial charge in [-0.2, -0.15) is 0 Å². The van der Waals surface area contributed by atoms with Crippen LogP contribution in [-0.2, 0) is 13.0 Å². The molecule has 0 fully saturated rings. The Morgan fingerprint density at radius 3 is 3.06 bits per heavy atom. The van der Waals surface area contributed by atoms with E-state index < -0.39 is 0 Å². The van der Waals surface area contributed by atoms with Crippen LogP contribution in [0.15, 0.2) is 18.5 Å². The van der Waals surface area contributed by atoms with E-state index in [9.17, 15) is 0 Å². The number of nitrogens with two attached hydrogens (primary N) is 1. The van der Waals surface area contributed by atoms with E-state index in [0.29, 0.717) is 6.54 Å². The van der Waals surface area contributed by atoms with Crippen LogP contribution < -0.4 is 5.73 Å². The van der Waals surface area contributed by atoms with E-state index in [4.69, 9.17) is 5.73 Å². The maximum Gasteiger partial charge on any atom is 0.109 e. The van der Waals surface area contributed by atoms with Crippen LogP contribution >= 0.6 is 0 Å². The Morgan fingerprint density at radius 1 is 1.44 bits per heavy atom. The third-order valence-corrected chi connectivity index (χ3v) is 2.68. The molecule has 2 aromatic rings. The fourth-order valence-corrected chi connectivity index (χ4v) is 1.96. The number of aromatic nitrogens is 3. The Kier molecular flexibility index (Phi) is 3.51. The second-order valence-corrected chi connectivity index (χ2v) is 3.94. The second-order valence-electron chi connectivity index (χ2n) is 3.94. The lowest BCUT2D eigenvalue weighted by Gasteiger charge is -2.06. The van der Waals surface area contributed by atoms with Crippen LogP contribution in [0.1, 0.15) is 25.6 Å². The monoisotopic (exact) mass is 218 g/mol. The molecule has 2 heterocycles. The molecule has 0 amide bonds. The van der Waals surface area contributed by atoms with Gasteiger partial charge in [0.15, 0.2) is 0 Å². The van der Waals surface area contributed by atoms with Gasteiger partial charge in [-0.25, -0.2) is 4.98 Å². The largest absolute Gasteiger partial charge is 0.330 e. The topological polar surface area (TPSA) is 56.7 Å². The summed E-state index contributed by atoms with van der Waals surface area (Å²) >= 11 is 0. The molecular formula is C12H18N4. The zero-order valence-corrected chi connectivity index (χ0v) is 9.69. The highest BCUT2D eigenvalue weighted by Crippen LogP contribution is 2.16. The lowest BCUT2D eigenvalue weighted by atomic mass is 10.3. The van der Waals surface area contributed by atoms with Gasteiger partial charge in [0.25, 0.3) is 0 Å². The molecule has 0 aromatic carbocycles.